The molecule has 1 heterocycles. The highest BCUT2D eigenvalue weighted by Crippen LogP contribution is 2.53. The summed E-state index contributed by atoms with van der Waals surface area (Å²) in [5.74, 6) is -2.31. The number of nitrogens with two attached hydrogens (primary N) is 1. The van der Waals surface area contributed by atoms with E-state index in [2.05, 4.69) is 0 Å². The van der Waals surface area contributed by atoms with E-state index in [1.165, 1.54) is 12.1 Å². The molecule has 34 heavy (non-hydrogen) atoms. The van der Waals surface area contributed by atoms with Crippen LogP contribution in [-0.2, 0) is 19.6 Å². The lowest BCUT2D eigenvalue weighted by Gasteiger charge is -2.37. The maximum absolute atomic E-state index is 14.9. The average molecular weight is 500 g/mol. The lowest BCUT2D eigenvalue weighted by molar-refractivity contribution is -0.189. The van der Waals surface area contributed by atoms with E-state index in [0.717, 1.165) is 36.3 Å². The van der Waals surface area contributed by atoms with Crippen LogP contribution in [0.2, 0.25) is 0 Å². The Morgan fingerprint density at radius 1 is 1.03 bits per heavy atom. The third-order valence-electron chi connectivity index (χ3n) is 6.90. The first-order valence-corrected chi connectivity index (χ1v) is 12.7. The summed E-state index contributed by atoms with van der Waals surface area (Å²) >= 11 is 0. The van der Waals surface area contributed by atoms with Crippen LogP contribution < -0.4 is 10.5 Å². The predicted molar refractivity (Wildman–Crippen MR) is 119 cm³/mol. The molecule has 3 N–H and O–H groups in total. The highest BCUT2D eigenvalue weighted by Gasteiger charge is 2.72. The van der Waals surface area contributed by atoms with Gasteiger partial charge in [0.15, 0.2) is 5.78 Å². The summed E-state index contributed by atoms with van der Waals surface area (Å²) < 4.78 is 72.5. The summed E-state index contributed by atoms with van der Waals surface area (Å²) in [7, 11) is -4.85. The van der Waals surface area contributed by atoms with Crippen molar-refractivity contribution < 1.29 is 31.2 Å². The molecule has 1 saturated carbocycles. The molecule has 7 nitrogen and oxygen atoms in total. The number of hydrogen-bond donors (Lipinski definition) is 2. The van der Waals surface area contributed by atoms with E-state index < -0.39 is 55.4 Å². The number of halogens is 3. The van der Waals surface area contributed by atoms with Gasteiger partial charge in [-0.3, -0.25) is 9.59 Å². The Morgan fingerprint density at radius 3 is 2.18 bits per heavy atom. The standard InChI is InChI=1S/C23H28F3N3O4S/c1-21(2)12-17-19(18(30)13-21)22(23(24,25)26,20(31)29(17)15-6-4-3-5-7-15)28-34(32,33)16-10-8-14(27)9-11-16/h8-11,15,28H,3-7,12-13,27H2,1-2H3. The fourth-order valence-electron chi connectivity index (χ4n) is 5.38. The Labute approximate surface area is 196 Å². The van der Waals surface area contributed by atoms with Crippen molar-refractivity contribution in [3.63, 3.8) is 0 Å². The Balaban J connectivity index is 1.92. The number of carbonyl (C=O) groups excluding carboxylic acids is 2. The van der Waals surface area contributed by atoms with Crippen LogP contribution in [-0.4, -0.2) is 42.8 Å². The quantitative estimate of drug-likeness (QED) is 0.615. The third kappa shape index (κ3) is 3.92. The largest absolute Gasteiger partial charge is 0.421 e. The molecule has 0 bridgehead atoms. The molecule has 0 aromatic heterocycles. The van der Waals surface area contributed by atoms with Gasteiger partial charge in [0.25, 0.3) is 5.91 Å². The Bertz CT molecular complexity index is 1150. The zero-order valence-corrected chi connectivity index (χ0v) is 19.9. The molecule has 186 valence electrons. The van der Waals surface area contributed by atoms with E-state index in [4.69, 9.17) is 5.73 Å². The summed E-state index contributed by atoms with van der Waals surface area (Å²) in [5, 5.41) is 0. The van der Waals surface area contributed by atoms with Crippen LogP contribution >= 0.6 is 0 Å². The van der Waals surface area contributed by atoms with Gasteiger partial charge in [-0.1, -0.05) is 33.1 Å². The number of rotatable bonds is 4. The van der Waals surface area contributed by atoms with Crippen molar-refractivity contribution >= 4 is 27.4 Å². The van der Waals surface area contributed by atoms with Crippen molar-refractivity contribution in [2.24, 2.45) is 5.41 Å². The summed E-state index contributed by atoms with van der Waals surface area (Å²) in [6.45, 7) is 3.51. The number of alkyl halides is 3. The maximum Gasteiger partial charge on any atom is 0.421 e. The van der Waals surface area contributed by atoms with Gasteiger partial charge in [0.05, 0.1) is 10.5 Å². The number of nitrogen functional groups attached to an aromatic ring is 1. The van der Waals surface area contributed by atoms with E-state index in [0.29, 0.717) is 12.8 Å². The minimum absolute atomic E-state index is 0.00418. The third-order valence-corrected chi connectivity index (χ3v) is 8.37. The molecule has 1 fully saturated rings. The van der Waals surface area contributed by atoms with Crippen molar-refractivity contribution in [2.45, 2.75) is 81.4 Å². The van der Waals surface area contributed by atoms with Gasteiger partial charge in [-0.15, -0.1) is 0 Å². The molecule has 1 aromatic carbocycles. The van der Waals surface area contributed by atoms with E-state index in [9.17, 15) is 31.2 Å². The molecular formula is C23H28F3N3O4S. The van der Waals surface area contributed by atoms with Crippen molar-refractivity contribution in [2.75, 3.05) is 5.73 Å². The molecule has 3 aliphatic rings. The molecule has 11 heteroatoms. The molecule has 1 aliphatic heterocycles. The van der Waals surface area contributed by atoms with Crippen molar-refractivity contribution in [3.8, 4) is 0 Å². The molecule has 4 rings (SSSR count). The van der Waals surface area contributed by atoms with Crippen molar-refractivity contribution in [1.82, 2.24) is 9.62 Å². The van der Waals surface area contributed by atoms with Crippen LogP contribution in [0.5, 0.6) is 0 Å². The number of hydrogen-bond acceptors (Lipinski definition) is 5. The molecule has 1 aromatic rings. The number of ketones is 1. The normalized spacial score (nSPS) is 26.2. The number of allylic oxidation sites excluding steroid dienone is 1. The number of amides is 1. The zero-order valence-electron chi connectivity index (χ0n) is 19.0. The Hall–Kier alpha value is -2.40. The summed E-state index contributed by atoms with van der Waals surface area (Å²) in [6, 6.07) is 4.07. The van der Waals surface area contributed by atoms with Crippen LogP contribution in [0.25, 0.3) is 0 Å². The lowest BCUT2D eigenvalue weighted by Crippen LogP contribution is -2.66. The fraction of sp³-hybridized carbons (Fsp3) is 0.565. The first kappa shape index (κ1) is 24.7. The van der Waals surface area contributed by atoms with Gasteiger partial charge in [0.2, 0.25) is 15.6 Å². The first-order chi connectivity index (χ1) is 15.7. The highest BCUT2D eigenvalue weighted by atomic mass is 32.2. The Kier molecular flexibility index (Phi) is 5.87. The van der Waals surface area contributed by atoms with Crippen LogP contribution in [0.3, 0.4) is 0 Å². The number of benzene rings is 1. The van der Waals surface area contributed by atoms with Gasteiger partial charge < -0.3 is 10.6 Å². The highest BCUT2D eigenvalue weighted by molar-refractivity contribution is 7.89. The number of nitrogens with zero attached hydrogens (tertiary/aromatic N) is 1. The van der Waals surface area contributed by atoms with Crippen molar-refractivity contribution in [3.05, 3.63) is 35.5 Å². The fourth-order valence-corrected chi connectivity index (χ4v) is 6.70. The van der Waals surface area contributed by atoms with E-state index in [1.54, 1.807) is 18.6 Å². The van der Waals surface area contributed by atoms with Crippen molar-refractivity contribution in [1.29, 1.82) is 0 Å². The zero-order chi connectivity index (χ0) is 25.1. The monoisotopic (exact) mass is 499 g/mol. The molecule has 0 spiro atoms. The second-order valence-electron chi connectivity index (χ2n) is 10.2. The van der Waals surface area contributed by atoms with Gasteiger partial charge in [-0.05, 0) is 48.9 Å². The molecule has 0 saturated heterocycles. The number of anilines is 1. The number of nitrogens with one attached hydrogen (secondary N) is 1. The van der Waals surface area contributed by atoms with E-state index in [1.807, 2.05) is 0 Å². The molecule has 1 unspecified atom stereocenters. The molecule has 2 aliphatic carbocycles. The minimum Gasteiger partial charge on any atom is -0.399 e. The topological polar surface area (TPSA) is 110 Å². The number of Topliss-reactive ketones (excluding diaryl/α,β-unsaturated/α-hetero) is 1. The predicted octanol–water partition coefficient (Wildman–Crippen LogP) is 3.67. The van der Waals surface area contributed by atoms with Crippen LogP contribution in [0.4, 0.5) is 18.9 Å². The van der Waals surface area contributed by atoms with Crippen LogP contribution in [0.15, 0.2) is 40.4 Å². The van der Waals surface area contributed by atoms with Gasteiger partial charge in [0.1, 0.15) is 0 Å². The molecular weight excluding hydrogens is 471 g/mol. The number of carbonyl (C=O) groups is 2. The SMILES string of the molecule is CC1(C)CC(=O)C2=C(C1)N(C1CCCCC1)C(=O)C2(NS(=O)(=O)c1ccc(N)cc1)C(F)(F)F. The summed E-state index contributed by atoms with van der Waals surface area (Å²) in [4.78, 5) is 27.5. The summed E-state index contributed by atoms with van der Waals surface area (Å²) in [6.07, 6.45) is -2.16. The first-order valence-electron chi connectivity index (χ1n) is 11.3. The summed E-state index contributed by atoms with van der Waals surface area (Å²) in [5.41, 5.74) is 0.670. The van der Waals surface area contributed by atoms with Gasteiger partial charge in [-0.2, -0.15) is 17.9 Å². The van der Waals surface area contributed by atoms with Gasteiger partial charge in [-0.25, -0.2) is 8.42 Å². The maximum atomic E-state index is 14.9. The number of sulfonamides is 1. The van der Waals surface area contributed by atoms with Gasteiger partial charge in [0, 0.05) is 23.8 Å². The molecule has 1 amide bonds. The molecule has 0 radical (unpaired) electrons. The Morgan fingerprint density at radius 2 is 1.62 bits per heavy atom. The minimum atomic E-state index is -5.38. The van der Waals surface area contributed by atoms with Crippen LogP contribution in [0.1, 0.15) is 58.8 Å². The van der Waals surface area contributed by atoms with Crippen LogP contribution in [0, 0.1) is 5.41 Å². The smallest absolute Gasteiger partial charge is 0.399 e. The van der Waals surface area contributed by atoms with E-state index >= 15 is 0 Å². The second kappa shape index (κ2) is 8.08. The lowest BCUT2D eigenvalue weighted by atomic mass is 9.72. The van der Waals surface area contributed by atoms with Gasteiger partial charge >= 0.3 is 6.18 Å². The average Bonchev–Trinajstić information content (AvgIpc) is 2.96. The molecule has 1 atom stereocenters. The second-order valence-corrected chi connectivity index (χ2v) is 11.8. The van der Waals surface area contributed by atoms with E-state index in [-0.39, 0.29) is 24.2 Å².